The first-order valence-corrected chi connectivity index (χ1v) is 9.54. The molecule has 1 aliphatic rings. The van der Waals surface area contributed by atoms with Crippen molar-refractivity contribution in [3.63, 3.8) is 0 Å². The molecule has 1 heterocycles. The highest BCUT2D eigenvalue weighted by Crippen LogP contribution is 2.24. The minimum atomic E-state index is 0. The molecule has 0 aromatic heterocycles. The summed E-state index contributed by atoms with van der Waals surface area (Å²) in [5.41, 5.74) is 0. The van der Waals surface area contributed by atoms with Crippen LogP contribution in [0.5, 0.6) is 5.75 Å². The molecule has 1 aromatic rings. The van der Waals surface area contributed by atoms with Gasteiger partial charge in [0.05, 0.1) is 11.6 Å². The van der Waals surface area contributed by atoms with Crippen LogP contribution in [-0.2, 0) is 0 Å². The number of aliphatic imine (C=N–C) groups is 1. The predicted octanol–water partition coefficient (Wildman–Crippen LogP) is 3.62. The van der Waals surface area contributed by atoms with E-state index in [1.165, 1.54) is 19.4 Å². The molecular weight excluding hydrogens is 463 g/mol. The van der Waals surface area contributed by atoms with Crippen LogP contribution in [0.15, 0.2) is 29.3 Å². The molecule has 0 bridgehead atoms. The van der Waals surface area contributed by atoms with Gasteiger partial charge in [0.15, 0.2) is 5.96 Å². The molecule has 7 heteroatoms. The van der Waals surface area contributed by atoms with Crippen LogP contribution in [0.1, 0.15) is 26.2 Å². The van der Waals surface area contributed by atoms with Crippen LogP contribution >= 0.6 is 35.6 Å². The van der Waals surface area contributed by atoms with Gasteiger partial charge in [0.25, 0.3) is 0 Å². The maximum absolute atomic E-state index is 6.18. The largest absolute Gasteiger partial charge is 0.487 e. The number of nitrogens with one attached hydrogen (secondary N) is 2. The molecule has 1 aliphatic heterocycles. The molecule has 1 saturated heterocycles. The lowest BCUT2D eigenvalue weighted by Crippen LogP contribution is -2.46. The lowest BCUT2D eigenvalue weighted by Gasteiger charge is -2.30. The third kappa shape index (κ3) is 7.88. The summed E-state index contributed by atoms with van der Waals surface area (Å²) in [6, 6.07) is 7.59. The number of hydrogen-bond donors (Lipinski definition) is 2. The van der Waals surface area contributed by atoms with E-state index in [1.54, 1.807) is 7.05 Å². The van der Waals surface area contributed by atoms with Crippen molar-refractivity contribution < 1.29 is 4.74 Å². The van der Waals surface area contributed by atoms with Crippen LogP contribution in [0.3, 0.4) is 0 Å². The molecule has 0 amide bonds. The van der Waals surface area contributed by atoms with E-state index in [2.05, 4.69) is 34.5 Å². The summed E-state index contributed by atoms with van der Waals surface area (Å²) >= 11 is 6.18. The normalized spacial score (nSPS) is 19.4. The van der Waals surface area contributed by atoms with Crippen molar-refractivity contribution in [2.45, 2.75) is 32.3 Å². The molecule has 0 radical (unpaired) electrons. The molecule has 0 saturated carbocycles. The first kappa shape index (κ1) is 23.3. The van der Waals surface area contributed by atoms with Gasteiger partial charge in [-0.3, -0.25) is 4.99 Å². The van der Waals surface area contributed by atoms with Crippen molar-refractivity contribution in [3.8, 4) is 5.75 Å². The Morgan fingerprint density at radius 1 is 1.38 bits per heavy atom. The molecule has 2 N–H and O–H groups in total. The van der Waals surface area contributed by atoms with Crippen molar-refractivity contribution in [1.82, 2.24) is 15.5 Å². The summed E-state index contributed by atoms with van der Waals surface area (Å²) in [6.45, 7) is 6.10. The lowest BCUT2D eigenvalue weighted by molar-refractivity contribution is 0.198. The average molecular weight is 495 g/mol. The number of benzene rings is 1. The van der Waals surface area contributed by atoms with Gasteiger partial charge in [0.1, 0.15) is 11.9 Å². The number of piperidine rings is 1. The zero-order valence-corrected chi connectivity index (χ0v) is 19.1. The fourth-order valence-electron chi connectivity index (χ4n) is 3.10. The van der Waals surface area contributed by atoms with Crippen molar-refractivity contribution >= 4 is 41.5 Å². The molecule has 1 fully saturated rings. The Kier molecular flexibility index (Phi) is 11.3. The Hall–Kier alpha value is -0.730. The predicted molar refractivity (Wildman–Crippen MR) is 121 cm³/mol. The summed E-state index contributed by atoms with van der Waals surface area (Å²) < 4.78 is 6.01. The molecule has 2 unspecified atom stereocenters. The summed E-state index contributed by atoms with van der Waals surface area (Å²) in [4.78, 5) is 6.72. The zero-order valence-electron chi connectivity index (χ0n) is 16.0. The van der Waals surface area contributed by atoms with E-state index in [9.17, 15) is 0 Å². The number of guanidine groups is 1. The van der Waals surface area contributed by atoms with Gasteiger partial charge in [0, 0.05) is 20.1 Å². The van der Waals surface area contributed by atoms with Crippen molar-refractivity contribution in [3.05, 3.63) is 29.3 Å². The molecule has 5 nitrogen and oxygen atoms in total. The first-order chi connectivity index (χ1) is 12.1. The van der Waals surface area contributed by atoms with Gasteiger partial charge >= 0.3 is 0 Å². The van der Waals surface area contributed by atoms with Gasteiger partial charge in [-0.15, -0.1) is 24.0 Å². The SMILES string of the molecule is CCC(CNC(=NC)NCC1CCCN(C)C1)Oc1ccccc1Cl.I. The second kappa shape index (κ2) is 12.6. The molecule has 26 heavy (non-hydrogen) atoms. The Bertz CT molecular complexity index is 558. The van der Waals surface area contributed by atoms with Crippen LogP contribution in [0, 0.1) is 5.92 Å². The van der Waals surface area contributed by atoms with Gasteiger partial charge in [-0.2, -0.15) is 0 Å². The Balaban J connectivity index is 0.00000338. The van der Waals surface area contributed by atoms with E-state index < -0.39 is 0 Å². The van der Waals surface area contributed by atoms with E-state index in [-0.39, 0.29) is 30.1 Å². The molecule has 148 valence electrons. The average Bonchev–Trinajstić information content (AvgIpc) is 2.62. The van der Waals surface area contributed by atoms with E-state index >= 15 is 0 Å². The quantitative estimate of drug-likeness (QED) is 0.345. The smallest absolute Gasteiger partial charge is 0.191 e. The number of rotatable bonds is 7. The number of hydrogen-bond acceptors (Lipinski definition) is 3. The second-order valence-electron chi connectivity index (χ2n) is 6.68. The summed E-state index contributed by atoms with van der Waals surface area (Å²) in [6.07, 6.45) is 3.49. The summed E-state index contributed by atoms with van der Waals surface area (Å²) in [5.74, 6) is 2.24. The molecule has 2 rings (SSSR count). The van der Waals surface area contributed by atoms with Crippen LogP contribution in [0.25, 0.3) is 0 Å². The second-order valence-corrected chi connectivity index (χ2v) is 7.09. The number of nitrogens with zero attached hydrogens (tertiary/aromatic N) is 2. The maximum atomic E-state index is 6.18. The fraction of sp³-hybridized carbons (Fsp3) is 0.632. The van der Waals surface area contributed by atoms with Crippen LogP contribution < -0.4 is 15.4 Å². The standard InChI is InChI=1S/C19H31ClN4O.HI/c1-4-16(25-18-10-6-5-9-17(18)20)13-23-19(21-2)22-12-15-8-7-11-24(3)14-15;/h5-6,9-10,15-16H,4,7-8,11-14H2,1-3H3,(H2,21,22,23);1H. The number of ether oxygens (including phenoxy) is 1. The summed E-state index contributed by atoms with van der Waals surface area (Å²) in [7, 11) is 4.00. The monoisotopic (exact) mass is 494 g/mol. The molecule has 0 spiro atoms. The summed E-state index contributed by atoms with van der Waals surface area (Å²) in [5, 5.41) is 7.46. The number of para-hydroxylation sites is 1. The topological polar surface area (TPSA) is 48.9 Å². The Morgan fingerprint density at radius 3 is 2.81 bits per heavy atom. The van der Waals surface area contributed by atoms with Gasteiger partial charge in [-0.1, -0.05) is 30.7 Å². The van der Waals surface area contributed by atoms with Crippen LogP contribution in [0.2, 0.25) is 5.02 Å². The van der Waals surface area contributed by atoms with E-state index in [0.717, 1.165) is 31.2 Å². The third-order valence-electron chi connectivity index (χ3n) is 4.59. The van der Waals surface area contributed by atoms with Gasteiger partial charge < -0.3 is 20.3 Å². The van der Waals surface area contributed by atoms with Gasteiger partial charge in [-0.25, -0.2) is 0 Å². The number of halogens is 2. The van der Waals surface area contributed by atoms with E-state index in [1.807, 2.05) is 24.3 Å². The van der Waals surface area contributed by atoms with Crippen molar-refractivity contribution in [2.24, 2.45) is 10.9 Å². The van der Waals surface area contributed by atoms with Crippen molar-refractivity contribution in [1.29, 1.82) is 0 Å². The zero-order chi connectivity index (χ0) is 18.1. The van der Waals surface area contributed by atoms with E-state index in [0.29, 0.717) is 17.5 Å². The van der Waals surface area contributed by atoms with Crippen molar-refractivity contribution in [2.75, 3.05) is 40.3 Å². The van der Waals surface area contributed by atoms with Crippen LogP contribution in [-0.4, -0.2) is 57.2 Å². The van der Waals surface area contributed by atoms with Gasteiger partial charge in [-0.05, 0) is 50.9 Å². The van der Waals surface area contributed by atoms with Gasteiger partial charge in [0.2, 0.25) is 0 Å². The molecule has 1 aromatic carbocycles. The van der Waals surface area contributed by atoms with Crippen LogP contribution in [0.4, 0.5) is 0 Å². The first-order valence-electron chi connectivity index (χ1n) is 9.16. The molecular formula is C19H32ClIN4O. The minimum Gasteiger partial charge on any atom is -0.487 e. The lowest BCUT2D eigenvalue weighted by atomic mass is 9.99. The third-order valence-corrected chi connectivity index (χ3v) is 4.90. The fourth-order valence-corrected chi connectivity index (χ4v) is 3.28. The Morgan fingerprint density at radius 2 is 2.15 bits per heavy atom. The van der Waals surface area contributed by atoms with E-state index in [4.69, 9.17) is 16.3 Å². The molecule has 2 atom stereocenters. The highest BCUT2D eigenvalue weighted by Gasteiger charge is 2.17. The Labute approximate surface area is 179 Å². The maximum Gasteiger partial charge on any atom is 0.191 e. The highest BCUT2D eigenvalue weighted by atomic mass is 127. The molecule has 0 aliphatic carbocycles. The minimum absolute atomic E-state index is 0. The highest BCUT2D eigenvalue weighted by molar-refractivity contribution is 14.0. The number of likely N-dealkylation sites (tertiary alicyclic amines) is 1.